The molecule has 152 valence electrons. The first-order chi connectivity index (χ1) is 15.1. The Bertz CT molecular complexity index is 1250. The van der Waals surface area contributed by atoms with Gasteiger partial charge in [0.05, 0.1) is 17.0 Å². The van der Waals surface area contributed by atoms with Crippen LogP contribution in [0.4, 0.5) is 4.39 Å². The highest BCUT2D eigenvalue weighted by molar-refractivity contribution is 7.99. The van der Waals surface area contributed by atoms with Crippen LogP contribution in [-0.4, -0.2) is 37.4 Å². The Morgan fingerprint density at radius 2 is 1.39 bits per heavy atom. The van der Waals surface area contributed by atoms with Crippen LogP contribution in [-0.2, 0) is 0 Å². The number of nitrogens with zero attached hydrogens (tertiary/aromatic N) is 4. The Kier molecular flexibility index (Phi) is 4.83. The zero-order chi connectivity index (χ0) is 21.4. The molecule has 1 aliphatic heterocycles. The lowest BCUT2D eigenvalue weighted by molar-refractivity contribution is 0.0684. The number of benzene rings is 3. The van der Waals surface area contributed by atoms with Crippen molar-refractivity contribution in [2.75, 3.05) is 5.88 Å². The molecule has 2 heterocycles. The van der Waals surface area contributed by atoms with Crippen LogP contribution in [0.1, 0.15) is 20.7 Å². The van der Waals surface area contributed by atoms with Gasteiger partial charge in [-0.25, -0.2) is 4.39 Å². The minimum atomic E-state index is -0.349. The lowest BCUT2D eigenvalue weighted by Crippen LogP contribution is -2.29. The molecule has 0 bridgehead atoms. The summed E-state index contributed by atoms with van der Waals surface area (Å²) in [7, 11) is 0. The first-order valence-corrected chi connectivity index (χ1v) is 10.5. The lowest BCUT2D eigenvalue weighted by atomic mass is 10.1. The average molecular weight is 430 g/mol. The first-order valence-electron chi connectivity index (χ1n) is 9.48. The summed E-state index contributed by atoms with van der Waals surface area (Å²) in [5, 5.41) is 9.09. The number of hydrogen-bond acceptors (Lipinski definition) is 5. The summed E-state index contributed by atoms with van der Waals surface area (Å²) in [5.41, 5.74) is 2.32. The molecule has 2 amide bonds. The van der Waals surface area contributed by atoms with Crippen LogP contribution in [0.15, 0.2) is 84.0 Å². The molecule has 0 saturated heterocycles. The predicted molar refractivity (Wildman–Crippen MR) is 114 cm³/mol. The van der Waals surface area contributed by atoms with Crippen molar-refractivity contribution in [1.29, 1.82) is 0 Å². The Morgan fingerprint density at radius 3 is 2.03 bits per heavy atom. The number of fused-ring (bicyclic) bond motifs is 1. The van der Waals surface area contributed by atoms with E-state index < -0.39 is 0 Å². The number of rotatable bonds is 5. The van der Waals surface area contributed by atoms with E-state index >= 15 is 0 Å². The second kappa shape index (κ2) is 7.81. The minimum Gasteiger partial charge on any atom is -0.270 e. The summed E-state index contributed by atoms with van der Waals surface area (Å²) in [6.07, 6.45) is 0. The van der Waals surface area contributed by atoms with Crippen molar-refractivity contribution in [3.8, 4) is 17.1 Å². The first kappa shape index (κ1) is 19.2. The maximum Gasteiger partial charge on any atom is 0.262 e. The van der Waals surface area contributed by atoms with Crippen molar-refractivity contribution in [3.05, 3.63) is 95.8 Å². The highest BCUT2D eigenvalue weighted by Crippen LogP contribution is 2.30. The summed E-state index contributed by atoms with van der Waals surface area (Å²) >= 11 is 1.22. The Morgan fingerprint density at radius 1 is 0.774 bits per heavy atom. The molecule has 1 aliphatic rings. The van der Waals surface area contributed by atoms with Gasteiger partial charge in [0, 0.05) is 11.3 Å². The van der Waals surface area contributed by atoms with Gasteiger partial charge >= 0.3 is 0 Å². The zero-order valence-electron chi connectivity index (χ0n) is 16.1. The number of carbonyl (C=O) groups is 2. The second-order valence-corrected chi connectivity index (χ2v) is 7.75. The smallest absolute Gasteiger partial charge is 0.262 e. The fraction of sp³-hybridized carbons (Fsp3) is 0.0435. The normalized spacial score (nSPS) is 13.0. The van der Waals surface area contributed by atoms with Gasteiger partial charge in [-0.3, -0.25) is 19.1 Å². The third-order valence-corrected chi connectivity index (χ3v) is 5.86. The predicted octanol–water partition coefficient (Wildman–Crippen LogP) is 4.42. The maximum atomic E-state index is 13.5. The molecule has 5 rings (SSSR count). The molecule has 1 aromatic heterocycles. The molecular weight excluding hydrogens is 415 g/mol. The molecular formula is C23H15FN4O2S. The lowest BCUT2D eigenvalue weighted by Gasteiger charge is -2.14. The summed E-state index contributed by atoms with van der Waals surface area (Å²) in [6.45, 7) is 0. The highest BCUT2D eigenvalue weighted by Gasteiger charge is 2.35. The molecule has 3 aromatic carbocycles. The Labute approximate surface area is 181 Å². The van der Waals surface area contributed by atoms with Gasteiger partial charge in [0.1, 0.15) is 5.82 Å². The van der Waals surface area contributed by atoms with E-state index in [0.717, 1.165) is 5.56 Å². The van der Waals surface area contributed by atoms with Crippen molar-refractivity contribution in [2.24, 2.45) is 0 Å². The van der Waals surface area contributed by atoms with Crippen LogP contribution in [0.5, 0.6) is 0 Å². The fourth-order valence-electron chi connectivity index (χ4n) is 3.44. The van der Waals surface area contributed by atoms with Gasteiger partial charge in [-0.1, -0.05) is 54.2 Å². The maximum absolute atomic E-state index is 13.5. The second-order valence-electron chi connectivity index (χ2n) is 6.84. The molecule has 0 unspecified atom stereocenters. The van der Waals surface area contributed by atoms with Gasteiger partial charge in [0.2, 0.25) is 0 Å². The molecule has 0 saturated carbocycles. The van der Waals surface area contributed by atoms with E-state index in [0.29, 0.717) is 27.8 Å². The molecule has 0 radical (unpaired) electrons. The van der Waals surface area contributed by atoms with Gasteiger partial charge in [-0.15, -0.1) is 10.2 Å². The Balaban J connectivity index is 1.49. The SMILES string of the molecule is O=C1c2ccccc2C(=O)N1CSc1nnc(-c2ccccc2)n1-c1ccc(F)cc1. The number of aromatic nitrogens is 3. The fourth-order valence-corrected chi connectivity index (χ4v) is 4.34. The van der Waals surface area contributed by atoms with Gasteiger partial charge in [-0.05, 0) is 36.4 Å². The molecule has 4 aromatic rings. The quantitative estimate of drug-likeness (QED) is 0.346. The van der Waals surface area contributed by atoms with Crippen molar-refractivity contribution >= 4 is 23.6 Å². The van der Waals surface area contributed by atoms with Crippen molar-refractivity contribution in [3.63, 3.8) is 0 Å². The molecule has 0 fully saturated rings. The van der Waals surface area contributed by atoms with Crippen molar-refractivity contribution in [1.82, 2.24) is 19.7 Å². The molecule has 31 heavy (non-hydrogen) atoms. The van der Waals surface area contributed by atoms with Crippen LogP contribution < -0.4 is 0 Å². The molecule has 6 nitrogen and oxygen atoms in total. The molecule has 8 heteroatoms. The van der Waals surface area contributed by atoms with Crippen LogP contribution in [0.2, 0.25) is 0 Å². The van der Waals surface area contributed by atoms with Gasteiger partial charge in [0.15, 0.2) is 11.0 Å². The summed E-state index contributed by atoms with van der Waals surface area (Å²) in [4.78, 5) is 26.5. The number of carbonyl (C=O) groups excluding carboxylic acids is 2. The van der Waals surface area contributed by atoms with E-state index in [9.17, 15) is 14.0 Å². The average Bonchev–Trinajstić information content (AvgIpc) is 3.33. The molecule has 0 aliphatic carbocycles. The van der Waals surface area contributed by atoms with Gasteiger partial charge in [0.25, 0.3) is 11.8 Å². The van der Waals surface area contributed by atoms with Crippen molar-refractivity contribution < 1.29 is 14.0 Å². The number of amides is 2. The van der Waals surface area contributed by atoms with Crippen LogP contribution in [0.3, 0.4) is 0 Å². The van der Waals surface area contributed by atoms with E-state index in [4.69, 9.17) is 0 Å². The van der Waals surface area contributed by atoms with E-state index in [1.165, 1.54) is 28.8 Å². The third-order valence-electron chi connectivity index (χ3n) is 4.95. The standard InChI is InChI=1S/C23H15FN4O2S/c24-16-10-12-17(13-11-16)28-20(15-6-2-1-3-7-15)25-26-23(28)31-14-27-21(29)18-8-4-5-9-19(18)22(27)30/h1-13H,14H2. The number of hydrogen-bond donors (Lipinski definition) is 0. The zero-order valence-corrected chi connectivity index (χ0v) is 16.9. The topological polar surface area (TPSA) is 68.1 Å². The van der Waals surface area contributed by atoms with Crippen molar-refractivity contribution in [2.45, 2.75) is 5.16 Å². The number of halogens is 1. The van der Waals surface area contributed by atoms with Crippen LogP contribution in [0.25, 0.3) is 17.1 Å². The molecule has 0 N–H and O–H groups in total. The minimum absolute atomic E-state index is 0.0838. The largest absolute Gasteiger partial charge is 0.270 e. The van der Waals surface area contributed by atoms with E-state index in [-0.39, 0.29) is 23.5 Å². The summed E-state index contributed by atoms with van der Waals surface area (Å²) in [5.74, 6) is -0.343. The molecule has 0 spiro atoms. The Hall–Kier alpha value is -3.78. The van der Waals surface area contributed by atoms with E-state index in [1.54, 1.807) is 41.0 Å². The number of imide groups is 1. The molecule has 0 atom stereocenters. The summed E-state index contributed by atoms with van der Waals surface area (Å²) in [6, 6.07) is 22.3. The number of thioether (sulfide) groups is 1. The monoisotopic (exact) mass is 430 g/mol. The van der Waals surface area contributed by atoms with Gasteiger partial charge in [-0.2, -0.15) is 0 Å². The van der Waals surface area contributed by atoms with Gasteiger partial charge < -0.3 is 0 Å². The van der Waals surface area contributed by atoms with Crippen LogP contribution in [0, 0.1) is 5.82 Å². The van der Waals surface area contributed by atoms with E-state index in [2.05, 4.69) is 10.2 Å². The summed E-state index contributed by atoms with van der Waals surface area (Å²) < 4.78 is 15.3. The van der Waals surface area contributed by atoms with E-state index in [1.807, 2.05) is 30.3 Å². The third kappa shape index (κ3) is 3.40. The highest BCUT2D eigenvalue weighted by atomic mass is 32.2. The van der Waals surface area contributed by atoms with Crippen LogP contribution >= 0.6 is 11.8 Å².